The summed E-state index contributed by atoms with van der Waals surface area (Å²) < 4.78 is 5.24. The van der Waals surface area contributed by atoms with Crippen LogP contribution in [0.25, 0.3) is 0 Å². The van der Waals surface area contributed by atoms with Crippen molar-refractivity contribution in [1.29, 1.82) is 0 Å². The van der Waals surface area contributed by atoms with Crippen molar-refractivity contribution in [1.82, 2.24) is 5.32 Å². The van der Waals surface area contributed by atoms with Gasteiger partial charge in [-0.1, -0.05) is 12.2 Å². The molecule has 0 bridgehead atoms. The molecule has 1 fully saturated rings. The van der Waals surface area contributed by atoms with E-state index < -0.39 is 23.7 Å². The molecule has 0 aromatic carbocycles. The number of hydrogen-bond donors (Lipinski definition) is 2. The van der Waals surface area contributed by atoms with Crippen LogP contribution in [0.4, 0.5) is 0 Å². The second-order valence-corrected chi connectivity index (χ2v) is 6.31. The molecule has 2 N–H and O–H groups in total. The van der Waals surface area contributed by atoms with Gasteiger partial charge in [-0.3, -0.25) is 9.59 Å². The quantitative estimate of drug-likeness (QED) is 0.441. The molecule has 0 aromatic heterocycles. The number of allylic oxidation sites excluding steroid dienone is 1. The number of alkyl halides is 1. The summed E-state index contributed by atoms with van der Waals surface area (Å²) in [5, 5.41) is 13.4. The average Bonchev–Trinajstić information content (AvgIpc) is 2.73. The second kappa shape index (κ2) is 6.79. The molecule has 21 heavy (non-hydrogen) atoms. The SMILES string of the molecule is C[C@]1(OC=O)[C@@H](CCCl)C(=O)N[C@H]1[C@@H](O)C1C=CCCC1. The number of aliphatic hydroxyl groups excluding tert-OH is 1. The highest BCUT2D eigenvalue weighted by Crippen LogP contribution is 2.38. The Labute approximate surface area is 129 Å². The first kappa shape index (κ1) is 16.3. The van der Waals surface area contributed by atoms with Crippen molar-refractivity contribution in [2.24, 2.45) is 11.8 Å². The van der Waals surface area contributed by atoms with Crippen LogP contribution in [0.15, 0.2) is 12.2 Å². The number of halogens is 1. The minimum atomic E-state index is -1.07. The van der Waals surface area contributed by atoms with Gasteiger partial charge in [0.05, 0.1) is 18.1 Å². The summed E-state index contributed by atoms with van der Waals surface area (Å²) in [7, 11) is 0. The maximum absolute atomic E-state index is 12.2. The molecule has 118 valence electrons. The molecule has 0 aromatic rings. The van der Waals surface area contributed by atoms with Gasteiger partial charge in [0.25, 0.3) is 6.47 Å². The summed E-state index contributed by atoms with van der Waals surface area (Å²) in [4.78, 5) is 23.0. The molecule has 1 aliphatic heterocycles. The van der Waals surface area contributed by atoms with Crippen LogP contribution in [0.1, 0.15) is 32.6 Å². The highest BCUT2D eigenvalue weighted by Gasteiger charge is 2.56. The predicted molar refractivity (Wildman–Crippen MR) is 78.8 cm³/mol. The number of rotatable bonds is 6. The fourth-order valence-electron chi connectivity index (χ4n) is 3.45. The lowest BCUT2D eigenvalue weighted by Gasteiger charge is -2.37. The first-order chi connectivity index (χ1) is 10.0. The average molecular weight is 316 g/mol. The third-order valence-corrected chi connectivity index (χ3v) is 4.91. The van der Waals surface area contributed by atoms with E-state index in [9.17, 15) is 14.7 Å². The molecule has 1 amide bonds. The van der Waals surface area contributed by atoms with E-state index in [1.165, 1.54) is 0 Å². The van der Waals surface area contributed by atoms with Crippen molar-refractivity contribution in [2.45, 2.75) is 50.4 Å². The van der Waals surface area contributed by atoms with Crippen LogP contribution in [0.3, 0.4) is 0 Å². The standard InChI is InChI=1S/C15H22ClNO4/c1-15(21-9-18)11(7-8-16)14(20)17-13(15)12(19)10-5-3-2-4-6-10/h3,5,9-13,19H,2,4,6-8H2,1H3,(H,17,20)/t10?,11-,12-,13-,15-/m0/s1. The van der Waals surface area contributed by atoms with Crippen LogP contribution in [0.5, 0.6) is 0 Å². The molecule has 6 heteroatoms. The Morgan fingerprint density at radius 3 is 3.00 bits per heavy atom. The van der Waals surface area contributed by atoms with E-state index >= 15 is 0 Å². The zero-order chi connectivity index (χ0) is 15.5. The number of ether oxygens (including phenoxy) is 1. The predicted octanol–water partition coefficient (Wildman–Crippen LogP) is 1.38. The first-order valence-corrected chi connectivity index (χ1v) is 7.90. The Morgan fingerprint density at radius 2 is 2.43 bits per heavy atom. The number of carbonyl (C=O) groups excluding carboxylic acids is 2. The van der Waals surface area contributed by atoms with Crippen LogP contribution in [-0.4, -0.2) is 41.1 Å². The normalized spacial score (nSPS) is 37.1. The van der Waals surface area contributed by atoms with Gasteiger partial charge in [-0.2, -0.15) is 0 Å². The van der Waals surface area contributed by atoms with Gasteiger partial charge >= 0.3 is 0 Å². The van der Waals surface area contributed by atoms with Crippen molar-refractivity contribution >= 4 is 24.0 Å². The third kappa shape index (κ3) is 3.09. The number of hydrogen-bond acceptors (Lipinski definition) is 4. The molecule has 1 unspecified atom stereocenters. The molecular weight excluding hydrogens is 294 g/mol. The molecule has 0 spiro atoms. The maximum atomic E-state index is 12.2. The smallest absolute Gasteiger partial charge is 0.293 e. The van der Waals surface area contributed by atoms with E-state index in [2.05, 4.69) is 5.32 Å². The molecule has 2 rings (SSSR count). The van der Waals surface area contributed by atoms with E-state index in [0.29, 0.717) is 18.8 Å². The van der Waals surface area contributed by atoms with Crippen molar-refractivity contribution in [2.75, 3.05) is 5.88 Å². The summed E-state index contributed by atoms with van der Waals surface area (Å²) in [6.45, 7) is 2.04. The number of nitrogens with one attached hydrogen (secondary N) is 1. The summed E-state index contributed by atoms with van der Waals surface area (Å²) in [6, 6.07) is -0.615. The van der Waals surface area contributed by atoms with E-state index in [-0.39, 0.29) is 11.8 Å². The highest BCUT2D eigenvalue weighted by atomic mass is 35.5. The van der Waals surface area contributed by atoms with E-state index in [1.807, 2.05) is 12.2 Å². The molecule has 5 atom stereocenters. The van der Waals surface area contributed by atoms with Crippen molar-refractivity contribution < 1.29 is 19.4 Å². The van der Waals surface area contributed by atoms with Crippen molar-refractivity contribution in [3.05, 3.63) is 12.2 Å². The Kier molecular flexibility index (Phi) is 5.27. The van der Waals surface area contributed by atoms with Gasteiger partial charge in [0, 0.05) is 11.8 Å². The van der Waals surface area contributed by atoms with Crippen LogP contribution in [0, 0.1) is 11.8 Å². The lowest BCUT2D eigenvalue weighted by Crippen LogP contribution is -2.54. The fourth-order valence-corrected chi connectivity index (χ4v) is 3.67. The Morgan fingerprint density at radius 1 is 1.67 bits per heavy atom. The maximum Gasteiger partial charge on any atom is 0.293 e. The lowest BCUT2D eigenvalue weighted by molar-refractivity contribution is -0.152. The van der Waals surface area contributed by atoms with Crippen molar-refractivity contribution in [3.63, 3.8) is 0 Å². The zero-order valence-corrected chi connectivity index (χ0v) is 12.9. The fraction of sp³-hybridized carbons (Fsp3) is 0.733. The minimum Gasteiger partial charge on any atom is -0.458 e. The molecule has 0 radical (unpaired) electrons. The van der Waals surface area contributed by atoms with Crippen LogP contribution in [-0.2, 0) is 14.3 Å². The van der Waals surface area contributed by atoms with Gasteiger partial charge < -0.3 is 15.2 Å². The van der Waals surface area contributed by atoms with Gasteiger partial charge in [-0.25, -0.2) is 0 Å². The molecule has 1 heterocycles. The summed E-state index contributed by atoms with van der Waals surface area (Å²) in [5.74, 6) is -0.494. The molecular formula is C15H22ClNO4. The van der Waals surface area contributed by atoms with E-state index in [0.717, 1.165) is 19.3 Å². The zero-order valence-electron chi connectivity index (χ0n) is 12.1. The lowest BCUT2D eigenvalue weighted by atomic mass is 9.78. The van der Waals surface area contributed by atoms with Gasteiger partial charge in [0.15, 0.2) is 0 Å². The number of aliphatic hydroxyl groups is 1. The number of amides is 1. The molecule has 1 aliphatic carbocycles. The third-order valence-electron chi connectivity index (χ3n) is 4.70. The van der Waals surface area contributed by atoms with Crippen molar-refractivity contribution in [3.8, 4) is 0 Å². The Bertz CT molecular complexity index is 428. The Hall–Kier alpha value is -1.07. The van der Waals surface area contributed by atoms with E-state index in [4.69, 9.17) is 16.3 Å². The van der Waals surface area contributed by atoms with Gasteiger partial charge in [-0.05, 0) is 32.6 Å². The van der Waals surface area contributed by atoms with Gasteiger partial charge in [0.2, 0.25) is 5.91 Å². The molecule has 0 saturated carbocycles. The first-order valence-electron chi connectivity index (χ1n) is 7.37. The highest BCUT2D eigenvalue weighted by molar-refractivity contribution is 6.18. The summed E-state index contributed by atoms with van der Waals surface area (Å²) >= 11 is 5.75. The van der Waals surface area contributed by atoms with Crippen LogP contribution >= 0.6 is 11.6 Å². The summed E-state index contributed by atoms with van der Waals surface area (Å²) in [5.41, 5.74) is -1.07. The largest absolute Gasteiger partial charge is 0.458 e. The summed E-state index contributed by atoms with van der Waals surface area (Å²) in [6.07, 6.45) is 6.53. The molecule has 1 saturated heterocycles. The molecule has 2 aliphatic rings. The van der Waals surface area contributed by atoms with Crippen LogP contribution in [0.2, 0.25) is 0 Å². The van der Waals surface area contributed by atoms with Gasteiger partial charge in [-0.15, -0.1) is 11.6 Å². The topological polar surface area (TPSA) is 75.6 Å². The molecule has 5 nitrogen and oxygen atoms in total. The monoisotopic (exact) mass is 315 g/mol. The van der Waals surface area contributed by atoms with Crippen LogP contribution < -0.4 is 5.32 Å². The minimum absolute atomic E-state index is 0.0339. The van der Waals surface area contributed by atoms with Gasteiger partial charge in [0.1, 0.15) is 5.60 Å². The van der Waals surface area contributed by atoms with E-state index in [1.54, 1.807) is 6.92 Å². The number of carbonyl (C=O) groups is 2. The second-order valence-electron chi connectivity index (χ2n) is 5.93. The Balaban J connectivity index is 2.23.